The van der Waals surface area contributed by atoms with Crippen molar-refractivity contribution in [1.82, 2.24) is 15.1 Å². The van der Waals surface area contributed by atoms with Gasteiger partial charge >= 0.3 is 6.18 Å². The Hall–Kier alpha value is -0.980. The molecule has 0 bridgehead atoms. The van der Waals surface area contributed by atoms with Gasteiger partial charge in [-0.2, -0.15) is 13.2 Å². The predicted molar refractivity (Wildman–Crippen MR) is 89.0 cm³/mol. The molecule has 3 aliphatic rings. The van der Waals surface area contributed by atoms with Crippen LogP contribution in [0.15, 0.2) is 4.99 Å². The number of rotatable bonds is 5. The molecule has 3 rings (SSSR count). The molecule has 138 valence electrons. The molecule has 7 heteroatoms. The Morgan fingerprint density at radius 3 is 2.29 bits per heavy atom. The number of aliphatic imine (C=N–C) groups is 1. The third-order valence-electron chi connectivity index (χ3n) is 5.85. The van der Waals surface area contributed by atoms with Crippen molar-refractivity contribution in [1.29, 1.82) is 0 Å². The van der Waals surface area contributed by atoms with Crippen LogP contribution in [0.25, 0.3) is 0 Å². The summed E-state index contributed by atoms with van der Waals surface area (Å²) in [7, 11) is 0. The summed E-state index contributed by atoms with van der Waals surface area (Å²) < 4.78 is 38.6. The van der Waals surface area contributed by atoms with Crippen LogP contribution in [0.4, 0.5) is 13.2 Å². The van der Waals surface area contributed by atoms with Crippen LogP contribution in [0, 0.1) is 11.3 Å². The van der Waals surface area contributed by atoms with Gasteiger partial charge in [0.05, 0.1) is 0 Å². The maximum Gasteiger partial charge on any atom is 0.403 e. The lowest BCUT2D eigenvalue weighted by atomic mass is 10.0. The molecule has 0 spiro atoms. The predicted octanol–water partition coefficient (Wildman–Crippen LogP) is 2.71. The second-order valence-corrected chi connectivity index (χ2v) is 7.55. The Morgan fingerprint density at radius 1 is 1.21 bits per heavy atom. The van der Waals surface area contributed by atoms with Crippen LogP contribution in [0.2, 0.25) is 0 Å². The minimum Gasteiger partial charge on any atom is -0.357 e. The molecule has 0 amide bonds. The first kappa shape index (κ1) is 17.8. The number of halogens is 3. The summed E-state index contributed by atoms with van der Waals surface area (Å²) in [5, 5.41) is 3.32. The lowest BCUT2D eigenvalue weighted by Gasteiger charge is -2.39. The molecule has 1 N–H and O–H groups in total. The van der Waals surface area contributed by atoms with E-state index >= 15 is 0 Å². The summed E-state index contributed by atoms with van der Waals surface area (Å²) in [5.41, 5.74) is 0.452. The number of hydrogen-bond acceptors (Lipinski definition) is 2. The zero-order chi connectivity index (χ0) is 17.4. The van der Waals surface area contributed by atoms with E-state index in [2.05, 4.69) is 10.2 Å². The quantitative estimate of drug-likeness (QED) is 0.613. The van der Waals surface area contributed by atoms with Crippen LogP contribution in [-0.2, 0) is 0 Å². The topological polar surface area (TPSA) is 30.9 Å². The van der Waals surface area contributed by atoms with Gasteiger partial charge in [0.2, 0.25) is 0 Å². The zero-order valence-corrected chi connectivity index (χ0v) is 14.7. The number of piperazine rings is 1. The number of guanidine groups is 1. The van der Waals surface area contributed by atoms with Crippen LogP contribution in [0.5, 0.6) is 0 Å². The summed E-state index contributed by atoms with van der Waals surface area (Å²) in [4.78, 5) is 8.48. The Morgan fingerprint density at radius 2 is 1.83 bits per heavy atom. The van der Waals surface area contributed by atoms with E-state index in [0.717, 1.165) is 25.0 Å². The van der Waals surface area contributed by atoms with Crippen LogP contribution in [-0.4, -0.2) is 67.2 Å². The molecule has 0 aromatic heterocycles. The van der Waals surface area contributed by atoms with E-state index in [0.29, 0.717) is 31.6 Å². The number of hydrogen-bond donors (Lipinski definition) is 1. The number of nitrogens with zero attached hydrogens (tertiary/aromatic N) is 3. The number of nitrogens with one attached hydrogen (secondary N) is 1. The maximum atomic E-state index is 12.9. The molecule has 1 heterocycles. The van der Waals surface area contributed by atoms with Crippen LogP contribution in [0.1, 0.15) is 39.5 Å². The van der Waals surface area contributed by atoms with Crippen molar-refractivity contribution in [3.8, 4) is 0 Å². The first-order valence-electron chi connectivity index (χ1n) is 9.20. The van der Waals surface area contributed by atoms with E-state index in [4.69, 9.17) is 4.99 Å². The first-order chi connectivity index (χ1) is 11.4. The van der Waals surface area contributed by atoms with Gasteiger partial charge in [0.1, 0.15) is 6.04 Å². The fourth-order valence-corrected chi connectivity index (χ4v) is 3.74. The van der Waals surface area contributed by atoms with E-state index < -0.39 is 12.2 Å². The van der Waals surface area contributed by atoms with Crippen molar-refractivity contribution in [2.45, 2.75) is 51.7 Å². The Balaban J connectivity index is 1.55. The highest BCUT2D eigenvalue weighted by Crippen LogP contribution is 2.61. The van der Waals surface area contributed by atoms with Crippen molar-refractivity contribution < 1.29 is 13.2 Å². The molecule has 1 unspecified atom stereocenters. The standard InChI is InChI=1S/C17H29F3N4/c1-3-21-15(22-12-16(6-7-16)14-4-5-14)24-10-8-23(9-11-24)13(2)17(18,19)20/h13-14H,3-12H2,1-2H3,(H,21,22). The summed E-state index contributed by atoms with van der Waals surface area (Å²) in [6, 6.07) is -1.37. The van der Waals surface area contributed by atoms with Gasteiger partial charge in [0.15, 0.2) is 5.96 Å². The molecule has 2 aliphatic carbocycles. The molecule has 0 aromatic carbocycles. The van der Waals surface area contributed by atoms with Crippen LogP contribution >= 0.6 is 0 Å². The van der Waals surface area contributed by atoms with E-state index in [-0.39, 0.29) is 0 Å². The van der Waals surface area contributed by atoms with Crippen LogP contribution in [0.3, 0.4) is 0 Å². The van der Waals surface area contributed by atoms with Gasteiger partial charge in [-0.05, 0) is 50.9 Å². The Kier molecular flexibility index (Phi) is 5.00. The average molecular weight is 346 g/mol. The van der Waals surface area contributed by atoms with Gasteiger partial charge in [0, 0.05) is 39.3 Å². The third-order valence-corrected chi connectivity index (χ3v) is 5.85. The monoisotopic (exact) mass is 346 g/mol. The second-order valence-electron chi connectivity index (χ2n) is 7.55. The molecule has 0 radical (unpaired) electrons. The first-order valence-corrected chi connectivity index (χ1v) is 9.20. The SMILES string of the molecule is CCNC(=NCC1(C2CC2)CC1)N1CCN(C(C)C(F)(F)F)CC1. The average Bonchev–Trinajstić information content (AvgIpc) is 3.43. The Bertz CT molecular complexity index is 461. The fourth-order valence-electron chi connectivity index (χ4n) is 3.74. The smallest absolute Gasteiger partial charge is 0.357 e. The lowest BCUT2D eigenvalue weighted by molar-refractivity contribution is -0.181. The molecular formula is C17H29F3N4. The van der Waals surface area contributed by atoms with Crippen molar-refractivity contribution in [2.24, 2.45) is 16.3 Å². The molecule has 1 aliphatic heterocycles. The summed E-state index contributed by atoms with van der Waals surface area (Å²) in [5.74, 6) is 1.75. The molecule has 3 fully saturated rings. The molecule has 24 heavy (non-hydrogen) atoms. The van der Waals surface area contributed by atoms with E-state index in [1.54, 1.807) is 0 Å². The maximum absolute atomic E-state index is 12.9. The van der Waals surface area contributed by atoms with Crippen molar-refractivity contribution in [2.75, 3.05) is 39.3 Å². The molecule has 1 atom stereocenters. The van der Waals surface area contributed by atoms with Crippen LogP contribution < -0.4 is 5.32 Å². The molecule has 2 saturated carbocycles. The lowest BCUT2D eigenvalue weighted by Crippen LogP contribution is -2.56. The van der Waals surface area contributed by atoms with Gasteiger partial charge < -0.3 is 10.2 Å². The minimum atomic E-state index is -4.15. The van der Waals surface area contributed by atoms with Gasteiger partial charge in [-0.15, -0.1) is 0 Å². The highest BCUT2D eigenvalue weighted by atomic mass is 19.4. The van der Waals surface area contributed by atoms with E-state index in [1.165, 1.54) is 37.5 Å². The van der Waals surface area contributed by atoms with E-state index in [9.17, 15) is 13.2 Å². The third kappa shape index (κ3) is 3.98. The van der Waals surface area contributed by atoms with Crippen molar-refractivity contribution in [3.05, 3.63) is 0 Å². The van der Waals surface area contributed by atoms with Gasteiger partial charge in [-0.25, -0.2) is 0 Å². The highest BCUT2D eigenvalue weighted by molar-refractivity contribution is 5.80. The summed E-state index contributed by atoms with van der Waals surface area (Å²) in [6.07, 6.45) is 1.12. The molecule has 1 saturated heterocycles. The molecular weight excluding hydrogens is 317 g/mol. The normalized spacial score (nSPS) is 26.4. The Labute approximate surface area is 142 Å². The fraction of sp³-hybridized carbons (Fsp3) is 0.941. The largest absolute Gasteiger partial charge is 0.403 e. The van der Waals surface area contributed by atoms with Gasteiger partial charge in [-0.1, -0.05) is 0 Å². The van der Waals surface area contributed by atoms with Crippen molar-refractivity contribution >= 4 is 5.96 Å². The van der Waals surface area contributed by atoms with E-state index in [1.807, 2.05) is 6.92 Å². The zero-order valence-electron chi connectivity index (χ0n) is 14.7. The molecule has 0 aromatic rings. The second kappa shape index (κ2) is 6.73. The van der Waals surface area contributed by atoms with Gasteiger partial charge in [-0.3, -0.25) is 9.89 Å². The number of alkyl halides is 3. The van der Waals surface area contributed by atoms with Crippen molar-refractivity contribution in [3.63, 3.8) is 0 Å². The van der Waals surface area contributed by atoms with Gasteiger partial charge in [0.25, 0.3) is 0 Å². The summed E-state index contributed by atoms with van der Waals surface area (Å²) >= 11 is 0. The summed E-state index contributed by atoms with van der Waals surface area (Å²) in [6.45, 7) is 7.00. The highest BCUT2D eigenvalue weighted by Gasteiger charge is 2.53. The molecule has 4 nitrogen and oxygen atoms in total. The minimum absolute atomic E-state index is 0.429.